The van der Waals surface area contributed by atoms with Gasteiger partial charge in [0.25, 0.3) is 0 Å². The summed E-state index contributed by atoms with van der Waals surface area (Å²) in [4.78, 5) is 13.0. The summed E-state index contributed by atoms with van der Waals surface area (Å²) < 4.78 is 11.3. The van der Waals surface area contributed by atoms with Gasteiger partial charge in [-0.25, -0.2) is 0 Å². The van der Waals surface area contributed by atoms with E-state index in [1.54, 1.807) is 36.4 Å². The quantitative estimate of drug-likeness (QED) is 0.517. The van der Waals surface area contributed by atoms with Gasteiger partial charge in [-0.1, -0.05) is 0 Å². The first-order valence-corrected chi connectivity index (χ1v) is 10.2. The Labute approximate surface area is 185 Å². The molecule has 1 saturated heterocycles. The van der Waals surface area contributed by atoms with Crippen LogP contribution in [0.2, 0.25) is 0 Å². The number of Topliss-reactive ketones (excluding diaryl/α,β-unsaturated/α-hetero) is 1. The average Bonchev–Trinajstić information content (AvgIpc) is 2.70. The molecule has 2 aromatic carbocycles. The van der Waals surface area contributed by atoms with Crippen molar-refractivity contribution in [3.8, 4) is 23.0 Å². The van der Waals surface area contributed by atoms with Crippen LogP contribution in [-0.4, -0.2) is 43.3 Å². The first kappa shape index (κ1) is 21.4. The van der Waals surface area contributed by atoms with Crippen LogP contribution in [0.15, 0.2) is 44.4 Å². The fraction of sp³-hybridized carbons (Fsp3) is 0.190. The maximum Gasteiger partial charge on any atom is 0.187 e. The molecule has 0 saturated carbocycles. The summed E-state index contributed by atoms with van der Waals surface area (Å²) in [6.07, 6.45) is 3.53. The number of ether oxygens (including phenoxy) is 2. The van der Waals surface area contributed by atoms with Gasteiger partial charge in [0.1, 0.15) is 0 Å². The first-order valence-electron chi connectivity index (χ1n) is 8.63. The van der Waals surface area contributed by atoms with Crippen LogP contribution >= 0.6 is 31.9 Å². The third kappa shape index (κ3) is 4.66. The number of piperidine rings is 1. The largest absolute Gasteiger partial charge is 0.503 e. The Morgan fingerprint density at radius 3 is 1.66 bits per heavy atom. The normalized spacial score (nSPS) is 17.0. The SMILES string of the molecule is COc1cc(/C=C2\CNC/C(=C\c3cc(Br)c(O)c(OC)c3)C2=O)cc(Br)c1O. The maximum atomic E-state index is 13.0. The molecule has 3 N–H and O–H groups in total. The predicted molar refractivity (Wildman–Crippen MR) is 119 cm³/mol. The molecule has 0 amide bonds. The van der Waals surface area contributed by atoms with Crippen LogP contribution in [-0.2, 0) is 4.79 Å². The number of benzene rings is 2. The molecule has 2 aromatic rings. The van der Waals surface area contributed by atoms with Crippen LogP contribution < -0.4 is 14.8 Å². The third-order valence-corrected chi connectivity index (χ3v) is 5.65. The lowest BCUT2D eigenvalue weighted by atomic mass is 9.95. The molecule has 1 heterocycles. The molecule has 0 aliphatic carbocycles. The second kappa shape index (κ2) is 9.02. The van der Waals surface area contributed by atoms with E-state index in [2.05, 4.69) is 37.2 Å². The Kier molecular flexibility index (Phi) is 6.66. The molecule has 0 bridgehead atoms. The number of rotatable bonds is 4. The standard InChI is InChI=1S/C21H19Br2NO5/c1-28-17-7-11(5-15(22)20(17)26)3-13-9-24-10-14(19(13)25)4-12-6-16(23)21(27)18(8-12)29-2/h3-8,24,26-27H,9-10H2,1-2H3/b13-3+,14-4+. The van der Waals surface area contributed by atoms with Crippen molar-refractivity contribution in [3.63, 3.8) is 0 Å². The minimum Gasteiger partial charge on any atom is -0.503 e. The van der Waals surface area contributed by atoms with Gasteiger partial charge >= 0.3 is 0 Å². The average molecular weight is 525 g/mol. The Hall–Kier alpha value is -2.29. The van der Waals surface area contributed by atoms with E-state index in [9.17, 15) is 15.0 Å². The van der Waals surface area contributed by atoms with Crippen LogP contribution in [0, 0.1) is 0 Å². The molecular formula is C21H19Br2NO5. The molecule has 1 aliphatic rings. The fourth-order valence-corrected chi connectivity index (χ4v) is 3.92. The second-order valence-electron chi connectivity index (χ2n) is 6.38. The molecule has 6 nitrogen and oxygen atoms in total. The maximum absolute atomic E-state index is 13.0. The summed E-state index contributed by atoms with van der Waals surface area (Å²) in [7, 11) is 2.94. The minimum absolute atomic E-state index is 0.00943. The van der Waals surface area contributed by atoms with Crippen molar-refractivity contribution in [2.24, 2.45) is 0 Å². The Balaban J connectivity index is 1.95. The van der Waals surface area contributed by atoms with E-state index in [1.165, 1.54) is 14.2 Å². The van der Waals surface area contributed by atoms with Crippen LogP contribution in [0.5, 0.6) is 23.0 Å². The van der Waals surface area contributed by atoms with Crippen LogP contribution in [0.25, 0.3) is 12.2 Å². The zero-order valence-electron chi connectivity index (χ0n) is 15.8. The van der Waals surface area contributed by atoms with Crippen LogP contribution in [0.3, 0.4) is 0 Å². The van der Waals surface area contributed by atoms with Gasteiger partial charge in [0.05, 0.1) is 23.2 Å². The van der Waals surface area contributed by atoms with Crippen LogP contribution in [0.4, 0.5) is 0 Å². The van der Waals surface area contributed by atoms with E-state index in [-0.39, 0.29) is 17.3 Å². The molecule has 1 aliphatic heterocycles. The van der Waals surface area contributed by atoms with Gasteiger partial charge < -0.3 is 25.0 Å². The number of methoxy groups -OCH3 is 2. The molecule has 152 valence electrons. The number of carbonyl (C=O) groups is 1. The number of phenols is 2. The summed E-state index contributed by atoms with van der Waals surface area (Å²) in [5.74, 6) is 0.582. The van der Waals surface area contributed by atoms with E-state index < -0.39 is 0 Å². The highest BCUT2D eigenvalue weighted by Gasteiger charge is 2.21. The molecule has 0 atom stereocenters. The summed E-state index contributed by atoms with van der Waals surface area (Å²) >= 11 is 6.58. The molecule has 3 rings (SSSR count). The van der Waals surface area contributed by atoms with Crippen molar-refractivity contribution in [3.05, 3.63) is 55.5 Å². The van der Waals surface area contributed by atoms with Crippen molar-refractivity contribution in [2.45, 2.75) is 0 Å². The molecule has 0 unspecified atom stereocenters. The zero-order valence-corrected chi connectivity index (χ0v) is 18.9. The topological polar surface area (TPSA) is 88.0 Å². The number of nitrogens with one attached hydrogen (secondary N) is 1. The van der Waals surface area contributed by atoms with Gasteiger partial charge in [-0.3, -0.25) is 4.79 Å². The highest BCUT2D eigenvalue weighted by Crippen LogP contribution is 2.37. The molecule has 0 spiro atoms. The first-order chi connectivity index (χ1) is 13.8. The summed E-state index contributed by atoms with van der Waals surface area (Å²) in [5.41, 5.74) is 2.64. The van der Waals surface area contributed by atoms with Gasteiger partial charge in [-0.05, 0) is 79.4 Å². The number of hydrogen-bond acceptors (Lipinski definition) is 6. The summed E-state index contributed by atoms with van der Waals surface area (Å²) in [6, 6.07) is 6.77. The second-order valence-corrected chi connectivity index (χ2v) is 8.09. The lowest BCUT2D eigenvalue weighted by Crippen LogP contribution is -2.32. The lowest BCUT2D eigenvalue weighted by Gasteiger charge is -2.18. The Morgan fingerprint density at radius 1 is 0.862 bits per heavy atom. The van der Waals surface area contributed by atoms with E-state index >= 15 is 0 Å². The van der Waals surface area contributed by atoms with E-state index in [0.29, 0.717) is 44.7 Å². The van der Waals surface area contributed by atoms with Crippen molar-refractivity contribution < 1.29 is 24.5 Å². The van der Waals surface area contributed by atoms with Crippen LogP contribution in [0.1, 0.15) is 11.1 Å². The van der Waals surface area contributed by atoms with Crippen molar-refractivity contribution >= 4 is 49.8 Å². The van der Waals surface area contributed by atoms with Gasteiger partial charge in [0.2, 0.25) is 0 Å². The Morgan fingerprint density at radius 2 is 1.28 bits per heavy atom. The predicted octanol–water partition coefficient (Wildman–Crippen LogP) is 4.28. The molecule has 0 radical (unpaired) electrons. The molecule has 1 fully saturated rings. The smallest absolute Gasteiger partial charge is 0.187 e. The fourth-order valence-electron chi connectivity index (χ4n) is 3.00. The third-order valence-electron chi connectivity index (χ3n) is 4.44. The van der Waals surface area contributed by atoms with Gasteiger partial charge in [0, 0.05) is 24.2 Å². The zero-order chi connectivity index (χ0) is 21.1. The van der Waals surface area contributed by atoms with E-state index in [4.69, 9.17) is 9.47 Å². The molecular weight excluding hydrogens is 506 g/mol. The summed E-state index contributed by atoms with van der Waals surface area (Å²) in [5, 5.41) is 23.1. The van der Waals surface area contributed by atoms with Crippen molar-refractivity contribution in [2.75, 3.05) is 27.3 Å². The molecule has 8 heteroatoms. The number of carbonyl (C=O) groups excluding carboxylic acids is 1. The number of ketones is 1. The molecule has 0 aromatic heterocycles. The van der Waals surface area contributed by atoms with Crippen molar-refractivity contribution in [1.82, 2.24) is 5.32 Å². The monoisotopic (exact) mass is 523 g/mol. The summed E-state index contributed by atoms with van der Waals surface area (Å²) in [6.45, 7) is 0.860. The number of aromatic hydroxyl groups is 2. The highest BCUT2D eigenvalue weighted by atomic mass is 79.9. The number of hydrogen-bond donors (Lipinski definition) is 3. The minimum atomic E-state index is -0.0740. The highest BCUT2D eigenvalue weighted by molar-refractivity contribution is 9.10. The van der Waals surface area contributed by atoms with E-state index in [0.717, 1.165) is 11.1 Å². The lowest BCUT2D eigenvalue weighted by molar-refractivity contribution is -0.112. The number of halogens is 2. The van der Waals surface area contributed by atoms with E-state index in [1.807, 2.05) is 0 Å². The van der Waals surface area contributed by atoms with Crippen molar-refractivity contribution in [1.29, 1.82) is 0 Å². The Bertz CT molecular complexity index is 951. The van der Waals surface area contributed by atoms with Gasteiger partial charge in [0.15, 0.2) is 28.8 Å². The number of phenolic OH excluding ortho intramolecular Hbond substituents is 2. The van der Waals surface area contributed by atoms with Gasteiger partial charge in [-0.15, -0.1) is 0 Å². The molecule has 29 heavy (non-hydrogen) atoms. The van der Waals surface area contributed by atoms with Gasteiger partial charge in [-0.2, -0.15) is 0 Å².